The summed E-state index contributed by atoms with van der Waals surface area (Å²) in [6.07, 6.45) is 2.95. The molecule has 1 aliphatic heterocycles. The van der Waals surface area contributed by atoms with E-state index in [0.29, 0.717) is 6.42 Å². The fraction of sp³-hybridized carbons (Fsp3) is 0.636. The summed E-state index contributed by atoms with van der Waals surface area (Å²) in [4.78, 5) is 71.2. The highest BCUT2D eigenvalue weighted by Gasteiger charge is 2.27. The molecule has 14 heteroatoms. The van der Waals surface area contributed by atoms with Gasteiger partial charge in [0.15, 0.2) is 0 Å². The first-order chi connectivity index (χ1) is 17.0. The van der Waals surface area contributed by atoms with Crippen molar-refractivity contribution in [1.82, 2.24) is 20.9 Å². The first kappa shape index (κ1) is 30.5. The van der Waals surface area contributed by atoms with Gasteiger partial charge in [0, 0.05) is 25.1 Å². The van der Waals surface area contributed by atoms with E-state index in [2.05, 4.69) is 16.0 Å². The summed E-state index contributed by atoms with van der Waals surface area (Å²) >= 11 is 0. The third-order valence-electron chi connectivity index (χ3n) is 5.10. The van der Waals surface area contributed by atoms with Crippen LogP contribution in [0, 0.1) is 5.92 Å². The maximum absolute atomic E-state index is 12.7. The molecule has 1 rings (SSSR count). The molecule has 14 nitrogen and oxygen atoms in total. The highest BCUT2D eigenvalue weighted by molar-refractivity contribution is 6.12. The number of imide groups is 1. The molecule has 0 aromatic carbocycles. The van der Waals surface area contributed by atoms with Crippen LogP contribution in [0.4, 0.5) is 4.79 Å². The highest BCUT2D eigenvalue weighted by Crippen LogP contribution is 2.05. The van der Waals surface area contributed by atoms with Crippen LogP contribution in [0.25, 0.3) is 0 Å². The molecule has 0 bridgehead atoms. The Morgan fingerprint density at radius 1 is 0.944 bits per heavy atom. The minimum absolute atomic E-state index is 0.00299. The average Bonchev–Trinajstić information content (AvgIpc) is 3.12. The van der Waals surface area contributed by atoms with Gasteiger partial charge in [0.2, 0.25) is 17.7 Å². The minimum atomic E-state index is -0.966. The predicted molar refractivity (Wildman–Crippen MR) is 127 cm³/mol. The molecule has 0 radical (unpaired) electrons. The molecule has 7 amide bonds. The smallest absolute Gasteiger partial charge is 0.312 e. The number of urea groups is 1. The molecular formula is C22H36N6O8. The lowest BCUT2D eigenvalue weighted by Crippen LogP contribution is -2.54. The van der Waals surface area contributed by atoms with E-state index in [1.54, 1.807) is 13.8 Å². The van der Waals surface area contributed by atoms with Gasteiger partial charge in [-0.3, -0.25) is 28.9 Å². The van der Waals surface area contributed by atoms with Gasteiger partial charge in [0.05, 0.1) is 33.0 Å². The van der Waals surface area contributed by atoms with Crippen LogP contribution >= 0.6 is 0 Å². The van der Waals surface area contributed by atoms with Crippen LogP contribution in [-0.2, 0) is 33.4 Å². The summed E-state index contributed by atoms with van der Waals surface area (Å²) < 4.78 is 10.7. The molecule has 2 atom stereocenters. The number of carbonyl (C=O) groups is 6. The van der Waals surface area contributed by atoms with Gasteiger partial charge < -0.3 is 36.9 Å². The van der Waals surface area contributed by atoms with Gasteiger partial charge in [-0.2, -0.15) is 0 Å². The van der Waals surface area contributed by atoms with Gasteiger partial charge in [-0.15, -0.1) is 0 Å². The quantitative estimate of drug-likeness (QED) is 0.101. The summed E-state index contributed by atoms with van der Waals surface area (Å²) in [6.45, 7) is 4.53. The second-order valence-electron chi connectivity index (χ2n) is 8.32. The van der Waals surface area contributed by atoms with E-state index in [9.17, 15) is 28.8 Å². The number of carbonyl (C=O) groups excluding carboxylic acids is 6. The Kier molecular flexibility index (Phi) is 13.7. The molecule has 0 spiro atoms. The first-order valence-electron chi connectivity index (χ1n) is 11.6. The lowest BCUT2D eigenvalue weighted by Gasteiger charge is -2.24. The molecule has 0 unspecified atom stereocenters. The van der Waals surface area contributed by atoms with Crippen molar-refractivity contribution in [3.05, 3.63) is 12.2 Å². The lowest BCUT2D eigenvalue weighted by atomic mass is 10.0. The fourth-order valence-electron chi connectivity index (χ4n) is 3.14. The predicted octanol–water partition coefficient (Wildman–Crippen LogP) is -2.11. The molecular weight excluding hydrogens is 476 g/mol. The number of nitrogens with zero attached hydrogens (tertiary/aromatic N) is 1. The van der Waals surface area contributed by atoms with E-state index in [1.807, 2.05) is 0 Å². The van der Waals surface area contributed by atoms with E-state index < -0.39 is 35.8 Å². The standard InChI is InChI=1S/C22H36N6O8/c1-14(2)19(21(33)26-15(20(23)32)4-3-8-25-22(24)34)27-16(29)7-10-35-12-13-36-11-9-28-17(30)5-6-18(28)31/h5-6,14-15,19H,3-4,7-13H2,1-2H3,(H2,23,32)(H,26,33)(H,27,29)(H3,24,25,34)/t15-,19-/m0/s1. The van der Waals surface area contributed by atoms with Crippen molar-refractivity contribution in [2.75, 3.05) is 39.5 Å². The summed E-state index contributed by atoms with van der Waals surface area (Å²) in [5.74, 6) is -2.71. The minimum Gasteiger partial charge on any atom is -0.379 e. The molecule has 0 saturated carbocycles. The highest BCUT2D eigenvalue weighted by atomic mass is 16.5. The van der Waals surface area contributed by atoms with Crippen molar-refractivity contribution >= 4 is 35.6 Å². The van der Waals surface area contributed by atoms with Crippen LogP contribution in [0.1, 0.15) is 33.1 Å². The summed E-state index contributed by atoms with van der Waals surface area (Å²) in [5, 5.41) is 7.56. The molecule has 36 heavy (non-hydrogen) atoms. The van der Waals surface area contributed by atoms with Crippen molar-refractivity contribution in [2.24, 2.45) is 17.4 Å². The second kappa shape index (κ2) is 16.2. The number of hydrogen-bond acceptors (Lipinski definition) is 8. The zero-order chi connectivity index (χ0) is 27.1. The van der Waals surface area contributed by atoms with Crippen molar-refractivity contribution in [1.29, 1.82) is 0 Å². The van der Waals surface area contributed by atoms with E-state index in [4.69, 9.17) is 20.9 Å². The molecule has 202 valence electrons. The second-order valence-corrected chi connectivity index (χ2v) is 8.32. The number of nitrogens with two attached hydrogens (primary N) is 2. The Bertz CT molecular complexity index is 813. The van der Waals surface area contributed by atoms with Gasteiger partial charge in [0.1, 0.15) is 12.1 Å². The van der Waals surface area contributed by atoms with Crippen molar-refractivity contribution < 1.29 is 38.2 Å². The van der Waals surface area contributed by atoms with E-state index in [0.717, 1.165) is 4.90 Å². The Morgan fingerprint density at radius 3 is 2.11 bits per heavy atom. The van der Waals surface area contributed by atoms with Crippen molar-refractivity contribution in [3.8, 4) is 0 Å². The number of primary amides is 2. The van der Waals surface area contributed by atoms with Gasteiger partial charge in [-0.05, 0) is 18.8 Å². The van der Waals surface area contributed by atoms with Crippen LogP contribution in [0.15, 0.2) is 12.2 Å². The number of ether oxygens (including phenoxy) is 2. The molecule has 1 aliphatic rings. The van der Waals surface area contributed by atoms with E-state index in [1.165, 1.54) is 12.2 Å². The maximum atomic E-state index is 12.7. The van der Waals surface area contributed by atoms with Crippen LogP contribution in [0.2, 0.25) is 0 Å². The Hall–Kier alpha value is -3.52. The summed E-state index contributed by atoms with van der Waals surface area (Å²) in [6, 6.07) is -2.55. The molecule has 0 fully saturated rings. The Balaban J connectivity index is 2.29. The van der Waals surface area contributed by atoms with E-state index in [-0.39, 0.29) is 70.1 Å². The number of amides is 7. The molecule has 7 N–H and O–H groups in total. The number of hydrogen-bond donors (Lipinski definition) is 5. The number of nitrogens with one attached hydrogen (secondary N) is 3. The van der Waals surface area contributed by atoms with Gasteiger partial charge >= 0.3 is 6.03 Å². The molecule has 1 heterocycles. The summed E-state index contributed by atoms with van der Waals surface area (Å²) in [7, 11) is 0. The topological polar surface area (TPSA) is 212 Å². The Labute approximate surface area is 209 Å². The maximum Gasteiger partial charge on any atom is 0.312 e. The zero-order valence-corrected chi connectivity index (χ0v) is 20.6. The van der Waals surface area contributed by atoms with Gasteiger partial charge in [-0.25, -0.2) is 4.79 Å². The third kappa shape index (κ3) is 11.8. The first-order valence-corrected chi connectivity index (χ1v) is 11.6. The normalized spacial score (nSPS) is 14.6. The van der Waals surface area contributed by atoms with Crippen LogP contribution in [-0.4, -0.2) is 92.1 Å². The zero-order valence-electron chi connectivity index (χ0n) is 20.6. The van der Waals surface area contributed by atoms with Crippen molar-refractivity contribution in [3.63, 3.8) is 0 Å². The van der Waals surface area contributed by atoms with Crippen molar-refractivity contribution in [2.45, 2.75) is 45.2 Å². The SMILES string of the molecule is CC(C)[C@H](NC(=O)CCOCCOCCN1C(=O)C=CC1=O)C(=O)N[C@@H](CCCNC(N)=O)C(N)=O. The largest absolute Gasteiger partial charge is 0.379 e. The molecule has 0 saturated heterocycles. The number of rotatable bonds is 18. The average molecular weight is 513 g/mol. The van der Waals surface area contributed by atoms with Gasteiger partial charge in [-0.1, -0.05) is 13.8 Å². The third-order valence-corrected chi connectivity index (χ3v) is 5.10. The van der Waals surface area contributed by atoms with Crippen LogP contribution in [0.5, 0.6) is 0 Å². The van der Waals surface area contributed by atoms with E-state index >= 15 is 0 Å². The molecule has 0 aromatic heterocycles. The lowest BCUT2D eigenvalue weighted by molar-refractivity contribution is -0.137. The Morgan fingerprint density at radius 2 is 1.56 bits per heavy atom. The monoisotopic (exact) mass is 512 g/mol. The molecule has 0 aliphatic carbocycles. The van der Waals surface area contributed by atoms with Gasteiger partial charge in [0.25, 0.3) is 11.8 Å². The van der Waals surface area contributed by atoms with Crippen LogP contribution < -0.4 is 27.4 Å². The fourth-order valence-corrected chi connectivity index (χ4v) is 3.14. The van der Waals surface area contributed by atoms with Crippen LogP contribution in [0.3, 0.4) is 0 Å². The molecule has 0 aromatic rings. The summed E-state index contributed by atoms with van der Waals surface area (Å²) in [5.41, 5.74) is 10.3.